The first-order valence-electron chi connectivity index (χ1n) is 7.05. The maximum absolute atomic E-state index is 11.6. The number of rotatable bonds is 5. The minimum atomic E-state index is 0.0153. The Labute approximate surface area is 115 Å². The van der Waals surface area contributed by atoms with Crippen molar-refractivity contribution in [1.82, 2.24) is 5.32 Å². The molecule has 3 N–H and O–H groups in total. The van der Waals surface area contributed by atoms with E-state index < -0.39 is 0 Å². The quantitative estimate of drug-likeness (QED) is 0.850. The third kappa shape index (κ3) is 3.70. The van der Waals surface area contributed by atoms with Crippen LogP contribution in [0, 0.1) is 0 Å². The van der Waals surface area contributed by atoms with Gasteiger partial charge in [-0.3, -0.25) is 4.79 Å². The number of carbonyl (C=O) groups excluding carboxylic acids is 1. The van der Waals surface area contributed by atoms with E-state index in [0.29, 0.717) is 13.0 Å². The fraction of sp³-hybridized carbons (Fsp3) is 0.533. The Morgan fingerprint density at radius 2 is 2.16 bits per heavy atom. The van der Waals surface area contributed by atoms with Crippen LogP contribution in [-0.4, -0.2) is 25.5 Å². The lowest BCUT2D eigenvalue weighted by Crippen LogP contribution is -2.28. The molecule has 1 aliphatic heterocycles. The minimum Gasteiger partial charge on any atom is -0.372 e. The summed E-state index contributed by atoms with van der Waals surface area (Å²) in [4.78, 5) is 14.0. The number of nitrogens with one attached hydrogen (secondary N) is 1. The maximum atomic E-state index is 11.6. The van der Waals surface area contributed by atoms with Gasteiger partial charge in [-0.1, -0.05) is 12.1 Å². The maximum Gasteiger partial charge on any atom is 0.221 e. The van der Waals surface area contributed by atoms with Gasteiger partial charge in [0.25, 0.3) is 0 Å². The lowest BCUT2D eigenvalue weighted by molar-refractivity contribution is -0.121. The second-order valence-corrected chi connectivity index (χ2v) is 5.12. The second-order valence-electron chi connectivity index (χ2n) is 5.12. The van der Waals surface area contributed by atoms with Crippen LogP contribution in [0.15, 0.2) is 24.3 Å². The number of amides is 1. The van der Waals surface area contributed by atoms with Crippen molar-refractivity contribution in [3.8, 4) is 0 Å². The lowest BCUT2D eigenvalue weighted by atomic mass is 10.1. The molecule has 0 aliphatic carbocycles. The molecule has 19 heavy (non-hydrogen) atoms. The smallest absolute Gasteiger partial charge is 0.221 e. The Kier molecular flexibility index (Phi) is 4.80. The van der Waals surface area contributed by atoms with Gasteiger partial charge in [0, 0.05) is 31.7 Å². The average molecular weight is 261 g/mol. The summed E-state index contributed by atoms with van der Waals surface area (Å²) in [6.45, 7) is 4.68. The van der Waals surface area contributed by atoms with E-state index in [1.54, 1.807) is 0 Å². The van der Waals surface area contributed by atoms with Crippen LogP contribution in [0.2, 0.25) is 0 Å². The van der Waals surface area contributed by atoms with Crippen molar-refractivity contribution < 1.29 is 4.79 Å². The molecule has 1 fully saturated rings. The van der Waals surface area contributed by atoms with Crippen molar-refractivity contribution in [1.29, 1.82) is 0 Å². The predicted octanol–water partition coefficient (Wildman–Crippen LogP) is 1.81. The van der Waals surface area contributed by atoms with E-state index >= 15 is 0 Å². The number of nitrogens with two attached hydrogens (primary N) is 1. The summed E-state index contributed by atoms with van der Waals surface area (Å²) in [5.41, 5.74) is 7.79. The molecule has 1 amide bonds. The fourth-order valence-corrected chi connectivity index (χ4v) is 2.49. The summed E-state index contributed by atoms with van der Waals surface area (Å²) in [7, 11) is 0. The Hall–Kier alpha value is -1.55. The van der Waals surface area contributed by atoms with Gasteiger partial charge in [0.05, 0.1) is 6.04 Å². The molecule has 1 atom stereocenters. The lowest BCUT2D eigenvalue weighted by Gasteiger charge is -2.20. The van der Waals surface area contributed by atoms with Crippen LogP contribution in [0.5, 0.6) is 0 Å². The van der Waals surface area contributed by atoms with Crippen molar-refractivity contribution in [3.63, 3.8) is 0 Å². The molecule has 0 bridgehead atoms. The van der Waals surface area contributed by atoms with Gasteiger partial charge in [-0.2, -0.15) is 0 Å². The fourth-order valence-electron chi connectivity index (χ4n) is 2.49. The molecule has 0 radical (unpaired) electrons. The number of anilines is 1. The molecule has 0 saturated carbocycles. The van der Waals surface area contributed by atoms with Gasteiger partial charge in [0.15, 0.2) is 0 Å². The molecule has 104 valence electrons. The van der Waals surface area contributed by atoms with Gasteiger partial charge in [-0.15, -0.1) is 0 Å². The third-order valence-electron chi connectivity index (χ3n) is 3.59. The third-order valence-corrected chi connectivity index (χ3v) is 3.59. The Morgan fingerprint density at radius 1 is 1.42 bits per heavy atom. The molecule has 1 aliphatic rings. The van der Waals surface area contributed by atoms with E-state index in [1.165, 1.54) is 18.5 Å². The number of hydrogen-bond acceptors (Lipinski definition) is 3. The van der Waals surface area contributed by atoms with E-state index in [2.05, 4.69) is 34.5 Å². The van der Waals surface area contributed by atoms with Crippen LogP contribution in [-0.2, 0) is 4.79 Å². The number of carbonyl (C=O) groups is 1. The molecule has 0 spiro atoms. The Morgan fingerprint density at radius 3 is 2.84 bits per heavy atom. The molecule has 1 aromatic carbocycles. The van der Waals surface area contributed by atoms with Crippen LogP contribution in [0.1, 0.15) is 37.8 Å². The monoisotopic (exact) mass is 261 g/mol. The highest BCUT2D eigenvalue weighted by Crippen LogP contribution is 2.23. The van der Waals surface area contributed by atoms with E-state index in [0.717, 1.165) is 18.7 Å². The Balaban J connectivity index is 2.03. The summed E-state index contributed by atoms with van der Waals surface area (Å²) in [5, 5.41) is 2.98. The van der Waals surface area contributed by atoms with Crippen LogP contribution in [0.25, 0.3) is 0 Å². The summed E-state index contributed by atoms with van der Waals surface area (Å²) in [5.74, 6) is 0.0153. The standard InChI is InChI=1S/C15H23N3O/c1-12(17-15(19)7-8-16)13-5-4-6-14(11-13)18-9-2-3-10-18/h4-6,11-12H,2-3,7-10,16H2,1H3,(H,17,19). The largest absolute Gasteiger partial charge is 0.372 e. The van der Waals surface area contributed by atoms with E-state index in [9.17, 15) is 4.79 Å². The van der Waals surface area contributed by atoms with Crippen molar-refractivity contribution in [2.24, 2.45) is 5.73 Å². The van der Waals surface area contributed by atoms with Crippen LogP contribution < -0.4 is 16.0 Å². The van der Waals surface area contributed by atoms with Crippen LogP contribution >= 0.6 is 0 Å². The zero-order chi connectivity index (χ0) is 13.7. The minimum absolute atomic E-state index is 0.0153. The number of benzene rings is 1. The first kappa shape index (κ1) is 13.9. The summed E-state index contributed by atoms with van der Waals surface area (Å²) < 4.78 is 0. The molecular weight excluding hydrogens is 238 g/mol. The topological polar surface area (TPSA) is 58.4 Å². The molecular formula is C15H23N3O. The molecule has 1 unspecified atom stereocenters. The van der Waals surface area contributed by atoms with Gasteiger partial charge in [0.1, 0.15) is 0 Å². The normalized spacial score (nSPS) is 16.4. The molecule has 1 saturated heterocycles. The zero-order valence-corrected chi connectivity index (χ0v) is 11.6. The highest BCUT2D eigenvalue weighted by atomic mass is 16.1. The van der Waals surface area contributed by atoms with Crippen molar-refractivity contribution in [2.45, 2.75) is 32.2 Å². The molecule has 4 nitrogen and oxygen atoms in total. The average Bonchev–Trinajstić information content (AvgIpc) is 2.93. The SMILES string of the molecule is CC(NC(=O)CCN)c1cccc(N2CCCC2)c1. The molecule has 4 heteroatoms. The predicted molar refractivity (Wildman–Crippen MR) is 78.1 cm³/mol. The molecule has 2 rings (SSSR count). The summed E-state index contributed by atoms with van der Waals surface area (Å²) in [6.07, 6.45) is 2.93. The summed E-state index contributed by atoms with van der Waals surface area (Å²) >= 11 is 0. The van der Waals surface area contributed by atoms with Crippen molar-refractivity contribution in [2.75, 3.05) is 24.5 Å². The van der Waals surface area contributed by atoms with Gasteiger partial charge in [0.2, 0.25) is 5.91 Å². The summed E-state index contributed by atoms with van der Waals surface area (Å²) in [6, 6.07) is 8.48. The van der Waals surface area contributed by atoms with Crippen LogP contribution in [0.3, 0.4) is 0 Å². The first-order chi connectivity index (χ1) is 9.20. The van der Waals surface area contributed by atoms with Crippen molar-refractivity contribution in [3.05, 3.63) is 29.8 Å². The van der Waals surface area contributed by atoms with E-state index in [1.807, 2.05) is 6.92 Å². The molecule has 0 aromatic heterocycles. The van der Waals surface area contributed by atoms with Gasteiger partial charge in [-0.05, 0) is 37.5 Å². The van der Waals surface area contributed by atoms with Gasteiger partial charge < -0.3 is 16.0 Å². The number of nitrogens with zero attached hydrogens (tertiary/aromatic N) is 1. The van der Waals surface area contributed by atoms with Gasteiger partial charge in [-0.25, -0.2) is 0 Å². The first-order valence-corrected chi connectivity index (χ1v) is 7.05. The zero-order valence-electron chi connectivity index (χ0n) is 11.6. The highest BCUT2D eigenvalue weighted by molar-refractivity contribution is 5.76. The van der Waals surface area contributed by atoms with E-state index in [-0.39, 0.29) is 11.9 Å². The highest BCUT2D eigenvalue weighted by Gasteiger charge is 2.14. The van der Waals surface area contributed by atoms with Crippen LogP contribution in [0.4, 0.5) is 5.69 Å². The molecule has 1 heterocycles. The Bertz CT molecular complexity index is 427. The number of hydrogen-bond donors (Lipinski definition) is 2. The molecule has 1 aromatic rings. The van der Waals surface area contributed by atoms with E-state index in [4.69, 9.17) is 5.73 Å². The second kappa shape index (κ2) is 6.57. The van der Waals surface area contributed by atoms with Gasteiger partial charge >= 0.3 is 0 Å². The van der Waals surface area contributed by atoms with Crippen molar-refractivity contribution >= 4 is 11.6 Å².